The summed E-state index contributed by atoms with van der Waals surface area (Å²) in [5.74, 6) is 0.0330. The van der Waals surface area contributed by atoms with E-state index in [9.17, 15) is 9.59 Å². The van der Waals surface area contributed by atoms with Crippen LogP contribution in [-0.4, -0.2) is 42.6 Å². The zero-order valence-corrected chi connectivity index (χ0v) is 16.5. The van der Waals surface area contributed by atoms with Crippen LogP contribution >= 0.6 is 27.0 Å². The maximum Gasteiger partial charge on any atom is 0.407 e. The molecule has 7 heteroatoms. The second-order valence-electron chi connectivity index (χ2n) is 6.91. The standard InChI is InChI=1S/C15H28N2O3.2H2S/c1-10(2)12(16-14(19)20-6)13(18)17-9-7-8-11(17)15(3,4)5;;/h10-12H,7-9H2,1-6H3,(H,16,19);2*1H2/t11-,12-;;/m0../s1. The molecule has 1 rings (SSSR count). The molecule has 0 aromatic heterocycles. The van der Waals surface area contributed by atoms with E-state index in [0.29, 0.717) is 0 Å². The summed E-state index contributed by atoms with van der Waals surface area (Å²) >= 11 is 0. The van der Waals surface area contributed by atoms with E-state index in [1.807, 2.05) is 18.7 Å². The topological polar surface area (TPSA) is 58.6 Å². The molecule has 1 aliphatic rings. The summed E-state index contributed by atoms with van der Waals surface area (Å²) in [6, 6.07) is -0.291. The first kappa shape index (κ1) is 23.7. The SMILES string of the molecule is COC(=O)N[C@H](C(=O)N1CCC[C@H]1C(C)(C)C)C(C)C.S.S. The molecule has 0 saturated carbocycles. The van der Waals surface area contributed by atoms with Gasteiger partial charge in [0.05, 0.1) is 7.11 Å². The molecule has 0 aromatic rings. The molecule has 0 unspecified atom stereocenters. The molecular formula is C15H32N2O3S2. The quantitative estimate of drug-likeness (QED) is 0.849. The number of likely N-dealkylation sites (tertiary alicyclic amines) is 1. The highest BCUT2D eigenvalue weighted by Crippen LogP contribution is 2.33. The zero-order valence-electron chi connectivity index (χ0n) is 14.5. The van der Waals surface area contributed by atoms with Crippen molar-refractivity contribution in [3.05, 3.63) is 0 Å². The van der Waals surface area contributed by atoms with Gasteiger partial charge in [-0.1, -0.05) is 34.6 Å². The van der Waals surface area contributed by atoms with Gasteiger partial charge in [0, 0.05) is 12.6 Å². The van der Waals surface area contributed by atoms with Crippen molar-refractivity contribution < 1.29 is 14.3 Å². The van der Waals surface area contributed by atoms with Crippen LogP contribution in [0.1, 0.15) is 47.5 Å². The third kappa shape index (κ3) is 5.91. The highest BCUT2D eigenvalue weighted by molar-refractivity contribution is 7.59. The highest BCUT2D eigenvalue weighted by Gasteiger charge is 2.40. The zero-order chi connectivity index (χ0) is 15.5. The molecule has 2 amide bonds. The number of nitrogens with zero attached hydrogens (tertiary/aromatic N) is 1. The fourth-order valence-electron chi connectivity index (χ4n) is 2.81. The highest BCUT2D eigenvalue weighted by atomic mass is 32.1. The predicted molar refractivity (Wildman–Crippen MR) is 99.1 cm³/mol. The van der Waals surface area contributed by atoms with E-state index < -0.39 is 12.1 Å². The lowest BCUT2D eigenvalue weighted by molar-refractivity contribution is -0.137. The van der Waals surface area contributed by atoms with Crippen molar-refractivity contribution >= 4 is 39.0 Å². The predicted octanol–water partition coefficient (Wildman–Crippen LogP) is 2.63. The summed E-state index contributed by atoms with van der Waals surface area (Å²) in [4.78, 5) is 26.1. The van der Waals surface area contributed by atoms with E-state index in [0.717, 1.165) is 19.4 Å². The van der Waals surface area contributed by atoms with Crippen molar-refractivity contribution in [1.82, 2.24) is 10.2 Å². The fourth-order valence-corrected chi connectivity index (χ4v) is 2.81. The molecule has 0 spiro atoms. The molecule has 0 aromatic carbocycles. The second-order valence-corrected chi connectivity index (χ2v) is 6.91. The van der Waals surface area contributed by atoms with E-state index in [1.54, 1.807) is 0 Å². The first-order valence-electron chi connectivity index (χ1n) is 7.33. The molecule has 0 aliphatic carbocycles. The van der Waals surface area contributed by atoms with E-state index in [1.165, 1.54) is 7.11 Å². The Bertz CT molecular complexity index is 370. The molecule has 2 atom stereocenters. The lowest BCUT2D eigenvalue weighted by atomic mass is 9.85. The van der Waals surface area contributed by atoms with Gasteiger partial charge in [0.25, 0.3) is 0 Å². The van der Waals surface area contributed by atoms with Gasteiger partial charge in [-0.15, -0.1) is 0 Å². The lowest BCUT2D eigenvalue weighted by Crippen LogP contribution is -2.54. The summed E-state index contributed by atoms with van der Waals surface area (Å²) in [5.41, 5.74) is 0.0545. The molecule has 0 radical (unpaired) electrons. The van der Waals surface area contributed by atoms with Crippen molar-refractivity contribution in [2.75, 3.05) is 13.7 Å². The molecule has 132 valence electrons. The van der Waals surface area contributed by atoms with Gasteiger partial charge in [-0.2, -0.15) is 27.0 Å². The van der Waals surface area contributed by atoms with Crippen molar-refractivity contribution in [2.45, 2.75) is 59.5 Å². The van der Waals surface area contributed by atoms with Crippen LogP contribution in [0.15, 0.2) is 0 Å². The Kier molecular flexibility index (Phi) is 10.3. The summed E-state index contributed by atoms with van der Waals surface area (Å²) in [6.07, 6.45) is 1.50. The number of alkyl carbamates (subject to hydrolysis) is 1. The largest absolute Gasteiger partial charge is 0.453 e. The number of rotatable bonds is 3. The van der Waals surface area contributed by atoms with E-state index in [-0.39, 0.29) is 50.3 Å². The van der Waals surface area contributed by atoms with Crippen LogP contribution in [0, 0.1) is 11.3 Å². The Morgan fingerprint density at radius 1 is 1.23 bits per heavy atom. The summed E-state index contributed by atoms with van der Waals surface area (Å²) in [7, 11) is 1.31. The van der Waals surface area contributed by atoms with Crippen molar-refractivity contribution in [2.24, 2.45) is 11.3 Å². The van der Waals surface area contributed by atoms with Gasteiger partial charge in [0.15, 0.2) is 0 Å². The molecule has 1 aliphatic heterocycles. The van der Waals surface area contributed by atoms with E-state index in [2.05, 4.69) is 30.8 Å². The number of nitrogens with one attached hydrogen (secondary N) is 1. The maximum absolute atomic E-state index is 12.8. The number of carbonyl (C=O) groups excluding carboxylic acids is 2. The number of ether oxygens (including phenoxy) is 1. The van der Waals surface area contributed by atoms with Gasteiger partial charge in [-0.05, 0) is 24.2 Å². The number of amides is 2. The Morgan fingerprint density at radius 3 is 2.18 bits per heavy atom. The normalized spacial score (nSPS) is 19.0. The smallest absolute Gasteiger partial charge is 0.407 e. The van der Waals surface area contributed by atoms with Crippen LogP contribution < -0.4 is 5.32 Å². The van der Waals surface area contributed by atoms with Gasteiger partial charge in [0.1, 0.15) is 6.04 Å². The van der Waals surface area contributed by atoms with Crippen LogP contribution in [0.2, 0.25) is 0 Å². The minimum atomic E-state index is -0.552. The summed E-state index contributed by atoms with van der Waals surface area (Å²) < 4.78 is 4.62. The number of hydrogen-bond acceptors (Lipinski definition) is 3. The molecule has 1 fully saturated rings. The van der Waals surface area contributed by atoms with E-state index >= 15 is 0 Å². The Hall–Kier alpha value is -0.560. The average molecular weight is 353 g/mol. The number of hydrogen-bond donors (Lipinski definition) is 1. The van der Waals surface area contributed by atoms with Crippen molar-refractivity contribution in [3.63, 3.8) is 0 Å². The Morgan fingerprint density at radius 2 is 1.77 bits per heavy atom. The van der Waals surface area contributed by atoms with Crippen LogP contribution in [0.3, 0.4) is 0 Å². The fraction of sp³-hybridized carbons (Fsp3) is 0.867. The number of methoxy groups -OCH3 is 1. The average Bonchev–Trinajstić information content (AvgIpc) is 2.83. The maximum atomic E-state index is 12.8. The van der Waals surface area contributed by atoms with Gasteiger partial charge in [-0.25, -0.2) is 4.79 Å². The van der Waals surface area contributed by atoms with E-state index in [4.69, 9.17) is 0 Å². The molecule has 1 saturated heterocycles. The molecule has 1 N–H and O–H groups in total. The minimum Gasteiger partial charge on any atom is -0.453 e. The Balaban J connectivity index is 0. The molecular weight excluding hydrogens is 320 g/mol. The lowest BCUT2D eigenvalue weighted by Gasteiger charge is -2.37. The monoisotopic (exact) mass is 352 g/mol. The third-order valence-electron chi connectivity index (χ3n) is 3.93. The van der Waals surface area contributed by atoms with Crippen LogP contribution in [0.5, 0.6) is 0 Å². The van der Waals surface area contributed by atoms with Crippen LogP contribution in [-0.2, 0) is 9.53 Å². The minimum absolute atomic E-state index is 0. The second kappa shape index (κ2) is 9.55. The summed E-state index contributed by atoms with van der Waals surface area (Å²) in [6.45, 7) is 11.1. The van der Waals surface area contributed by atoms with Gasteiger partial charge >= 0.3 is 6.09 Å². The third-order valence-corrected chi connectivity index (χ3v) is 3.93. The van der Waals surface area contributed by atoms with Crippen molar-refractivity contribution in [3.8, 4) is 0 Å². The summed E-state index contributed by atoms with van der Waals surface area (Å²) in [5, 5.41) is 2.66. The van der Waals surface area contributed by atoms with Gasteiger partial charge < -0.3 is 15.0 Å². The molecule has 22 heavy (non-hydrogen) atoms. The molecule has 0 bridgehead atoms. The Labute approximate surface area is 148 Å². The van der Waals surface area contributed by atoms with Gasteiger partial charge in [-0.3, -0.25) is 4.79 Å². The molecule has 5 nitrogen and oxygen atoms in total. The molecule has 1 heterocycles. The van der Waals surface area contributed by atoms with Gasteiger partial charge in [0.2, 0.25) is 5.91 Å². The first-order chi connectivity index (χ1) is 9.18. The van der Waals surface area contributed by atoms with Crippen LogP contribution in [0.4, 0.5) is 4.79 Å². The van der Waals surface area contributed by atoms with Crippen LogP contribution in [0.25, 0.3) is 0 Å². The van der Waals surface area contributed by atoms with Crippen molar-refractivity contribution in [1.29, 1.82) is 0 Å². The first-order valence-corrected chi connectivity index (χ1v) is 7.33. The number of carbonyl (C=O) groups is 2.